The van der Waals surface area contributed by atoms with Crippen LogP contribution in [0, 0.1) is 6.92 Å². The van der Waals surface area contributed by atoms with Gasteiger partial charge in [0.15, 0.2) is 0 Å². The molecule has 0 saturated heterocycles. The molecular formula is C20H24N2O4. The molecule has 0 saturated carbocycles. The molecule has 2 N–H and O–H groups in total. The van der Waals surface area contributed by atoms with Crippen LogP contribution in [0.3, 0.4) is 0 Å². The molecule has 3 aromatic rings. The van der Waals surface area contributed by atoms with E-state index in [0.717, 1.165) is 33.5 Å². The van der Waals surface area contributed by atoms with Crippen LogP contribution in [-0.4, -0.2) is 53.5 Å². The van der Waals surface area contributed by atoms with Crippen LogP contribution < -0.4 is 4.74 Å². The minimum Gasteiger partial charge on any atom is -0.496 e. The van der Waals surface area contributed by atoms with Gasteiger partial charge in [-0.2, -0.15) is 0 Å². The van der Waals surface area contributed by atoms with E-state index in [4.69, 9.17) is 14.3 Å². The topological polar surface area (TPSA) is 79.0 Å². The van der Waals surface area contributed by atoms with E-state index in [-0.39, 0.29) is 6.61 Å². The van der Waals surface area contributed by atoms with E-state index in [1.807, 2.05) is 55.3 Å². The minimum absolute atomic E-state index is 0.259. The van der Waals surface area contributed by atoms with Gasteiger partial charge < -0.3 is 19.4 Å². The predicted octanol–water partition coefficient (Wildman–Crippen LogP) is 2.60. The molecule has 26 heavy (non-hydrogen) atoms. The molecule has 0 bridgehead atoms. The molecule has 0 unspecified atom stereocenters. The smallest absolute Gasteiger partial charge is 0.227 e. The van der Waals surface area contributed by atoms with Crippen molar-refractivity contribution in [1.82, 2.24) is 9.88 Å². The summed E-state index contributed by atoms with van der Waals surface area (Å²) in [6.45, 7) is 2.52. The van der Waals surface area contributed by atoms with Gasteiger partial charge in [0, 0.05) is 24.0 Å². The Balaban J connectivity index is 1.93. The number of aryl methyl sites for hydroxylation is 1. The fraction of sp³-hybridized carbons (Fsp3) is 0.350. The highest BCUT2D eigenvalue weighted by Crippen LogP contribution is 2.34. The van der Waals surface area contributed by atoms with Gasteiger partial charge in [-0.05, 0) is 31.5 Å². The quantitative estimate of drug-likeness (QED) is 0.677. The zero-order chi connectivity index (χ0) is 18.7. The summed E-state index contributed by atoms with van der Waals surface area (Å²) in [6, 6.07) is 11.9. The normalized spacial score (nSPS) is 12.7. The molecule has 6 nitrogen and oxygen atoms in total. The second kappa shape index (κ2) is 7.86. The summed E-state index contributed by atoms with van der Waals surface area (Å²) in [5, 5.41) is 20.6. The lowest BCUT2D eigenvalue weighted by Gasteiger charge is -2.18. The van der Waals surface area contributed by atoms with Crippen molar-refractivity contribution in [2.75, 3.05) is 27.3 Å². The number of ether oxygens (including phenoxy) is 1. The molecular weight excluding hydrogens is 332 g/mol. The number of fused-ring (bicyclic) bond motifs is 1. The molecule has 0 amide bonds. The van der Waals surface area contributed by atoms with Crippen molar-refractivity contribution in [3.63, 3.8) is 0 Å². The summed E-state index contributed by atoms with van der Waals surface area (Å²) in [5.74, 6) is 2.11. The van der Waals surface area contributed by atoms with Crippen molar-refractivity contribution in [1.29, 1.82) is 0 Å². The van der Waals surface area contributed by atoms with E-state index in [9.17, 15) is 5.11 Å². The number of nitrogens with zero attached hydrogens (tertiary/aromatic N) is 2. The molecule has 2 aromatic carbocycles. The number of aliphatic hydroxyl groups is 2. The maximum Gasteiger partial charge on any atom is 0.227 e. The third-order valence-electron chi connectivity index (χ3n) is 4.38. The van der Waals surface area contributed by atoms with Gasteiger partial charge in [0.05, 0.1) is 25.5 Å². The first-order chi connectivity index (χ1) is 12.5. The zero-order valence-corrected chi connectivity index (χ0v) is 15.3. The summed E-state index contributed by atoms with van der Waals surface area (Å²) in [4.78, 5) is 6.57. The van der Waals surface area contributed by atoms with E-state index >= 15 is 0 Å². The monoisotopic (exact) mass is 356 g/mol. The molecule has 1 aromatic heterocycles. The van der Waals surface area contributed by atoms with E-state index in [1.54, 1.807) is 7.11 Å². The van der Waals surface area contributed by atoms with Gasteiger partial charge in [-0.1, -0.05) is 24.3 Å². The molecule has 6 heteroatoms. The van der Waals surface area contributed by atoms with Crippen LogP contribution >= 0.6 is 0 Å². The molecule has 1 heterocycles. The van der Waals surface area contributed by atoms with Crippen LogP contribution in [0.1, 0.15) is 11.5 Å². The Kier molecular flexibility index (Phi) is 5.56. The lowest BCUT2D eigenvalue weighted by molar-refractivity contribution is 0.0644. The second-order valence-corrected chi connectivity index (χ2v) is 6.42. The van der Waals surface area contributed by atoms with Gasteiger partial charge in [-0.15, -0.1) is 0 Å². The average Bonchev–Trinajstić information content (AvgIpc) is 3.00. The number of aromatic nitrogens is 1. The first-order valence-corrected chi connectivity index (χ1v) is 8.53. The Morgan fingerprint density at radius 1 is 1.19 bits per heavy atom. The van der Waals surface area contributed by atoms with Crippen molar-refractivity contribution in [2.24, 2.45) is 0 Å². The third-order valence-corrected chi connectivity index (χ3v) is 4.38. The van der Waals surface area contributed by atoms with Crippen molar-refractivity contribution in [3.8, 4) is 17.2 Å². The number of hydrogen-bond acceptors (Lipinski definition) is 6. The van der Waals surface area contributed by atoms with Crippen LogP contribution in [0.15, 0.2) is 40.8 Å². The van der Waals surface area contributed by atoms with E-state index < -0.39 is 6.10 Å². The molecule has 0 fully saturated rings. The molecule has 0 radical (unpaired) electrons. The first-order valence-electron chi connectivity index (χ1n) is 8.53. The van der Waals surface area contributed by atoms with Gasteiger partial charge >= 0.3 is 0 Å². The Morgan fingerprint density at radius 3 is 2.62 bits per heavy atom. The molecule has 0 spiro atoms. The lowest BCUT2D eigenvalue weighted by atomic mass is 10.0. The Morgan fingerprint density at radius 2 is 1.92 bits per heavy atom. The number of oxazole rings is 1. The molecule has 0 aliphatic heterocycles. The number of methoxy groups -OCH3 is 1. The average molecular weight is 356 g/mol. The molecule has 3 rings (SSSR count). The number of hydrogen-bond donors (Lipinski definition) is 2. The van der Waals surface area contributed by atoms with Crippen molar-refractivity contribution in [2.45, 2.75) is 19.6 Å². The number of rotatable bonds is 7. The second-order valence-electron chi connectivity index (χ2n) is 6.42. The summed E-state index contributed by atoms with van der Waals surface area (Å²) in [5.41, 5.74) is 1.72. The highest BCUT2D eigenvalue weighted by molar-refractivity contribution is 5.98. The number of likely N-dealkylation sites (N-methyl/N-ethyl adjacent to an activating group) is 1. The maximum atomic E-state index is 9.58. The van der Waals surface area contributed by atoms with Gasteiger partial charge in [-0.3, -0.25) is 4.90 Å². The van der Waals surface area contributed by atoms with Crippen molar-refractivity contribution in [3.05, 3.63) is 47.9 Å². The van der Waals surface area contributed by atoms with E-state index in [1.165, 1.54) is 0 Å². The van der Waals surface area contributed by atoms with Gasteiger partial charge in [0.1, 0.15) is 11.5 Å². The first kappa shape index (κ1) is 18.4. The van der Waals surface area contributed by atoms with Crippen LogP contribution in [0.25, 0.3) is 22.2 Å². The molecule has 1 atom stereocenters. The molecule has 138 valence electrons. The predicted molar refractivity (Wildman–Crippen MR) is 100 cm³/mol. The highest BCUT2D eigenvalue weighted by Gasteiger charge is 2.17. The van der Waals surface area contributed by atoms with Gasteiger partial charge in [-0.25, -0.2) is 4.98 Å². The van der Waals surface area contributed by atoms with Crippen molar-refractivity contribution < 1.29 is 19.4 Å². The standard InChI is InChI=1S/C20H24N2O4/c1-13-18(11-22(2)10-14(24)12-23)21-20(26-13)17-8-9-19(25-3)16-7-5-4-6-15(16)17/h4-9,14,23-24H,10-12H2,1-3H3/t14-/m1/s1. The minimum atomic E-state index is -0.766. The maximum absolute atomic E-state index is 9.58. The lowest BCUT2D eigenvalue weighted by Crippen LogP contribution is -2.31. The van der Waals surface area contributed by atoms with Crippen LogP contribution in [0.5, 0.6) is 5.75 Å². The van der Waals surface area contributed by atoms with Gasteiger partial charge in [0.25, 0.3) is 0 Å². The summed E-state index contributed by atoms with van der Waals surface area (Å²) in [7, 11) is 3.53. The number of aliphatic hydroxyl groups excluding tert-OH is 2. The van der Waals surface area contributed by atoms with Crippen LogP contribution in [0.2, 0.25) is 0 Å². The fourth-order valence-corrected chi connectivity index (χ4v) is 3.06. The SMILES string of the molecule is COc1ccc(-c2nc(CN(C)C[C@@H](O)CO)c(C)o2)c2ccccc12. The Bertz CT molecular complexity index is 891. The Hall–Kier alpha value is -2.41. The highest BCUT2D eigenvalue weighted by atomic mass is 16.5. The van der Waals surface area contributed by atoms with E-state index in [2.05, 4.69) is 4.98 Å². The van der Waals surface area contributed by atoms with Crippen molar-refractivity contribution >= 4 is 10.8 Å². The fourth-order valence-electron chi connectivity index (χ4n) is 3.06. The Labute approximate surface area is 152 Å². The van der Waals surface area contributed by atoms with Crippen LogP contribution in [-0.2, 0) is 6.54 Å². The van der Waals surface area contributed by atoms with Crippen LogP contribution in [0.4, 0.5) is 0 Å². The summed E-state index contributed by atoms with van der Waals surface area (Å²) < 4.78 is 11.4. The zero-order valence-electron chi connectivity index (χ0n) is 15.3. The summed E-state index contributed by atoms with van der Waals surface area (Å²) in [6.07, 6.45) is -0.766. The summed E-state index contributed by atoms with van der Waals surface area (Å²) >= 11 is 0. The van der Waals surface area contributed by atoms with Gasteiger partial charge in [0.2, 0.25) is 5.89 Å². The largest absolute Gasteiger partial charge is 0.496 e. The third kappa shape index (κ3) is 3.72. The molecule has 0 aliphatic carbocycles. The van der Waals surface area contributed by atoms with E-state index in [0.29, 0.717) is 19.0 Å². The number of benzene rings is 2. The molecule has 0 aliphatic rings.